The van der Waals surface area contributed by atoms with Gasteiger partial charge in [0.1, 0.15) is 0 Å². The Morgan fingerprint density at radius 1 is 0.696 bits per heavy atom. The van der Waals surface area contributed by atoms with E-state index in [1.807, 2.05) is 6.92 Å². The molecular formula is C21H40O2. The monoisotopic (exact) mass is 324 g/mol. The van der Waals surface area contributed by atoms with Gasteiger partial charge in [0.05, 0.1) is 6.61 Å². The van der Waals surface area contributed by atoms with Crippen LogP contribution in [0.25, 0.3) is 0 Å². The van der Waals surface area contributed by atoms with Gasteiger partial charge in [-0.2, -0.15) is 0 Å². The molecule has 0 N–H and O–H groups in total. The first-order chi connectivity index (χ1) is 11.2. The Morgan fingerprint density at radius 2 is 1.13 bits per heavy atom. The van der Waals surface area contributed by atoms with E-state index in [4.69, 9.17) is 4.74 Å². The molecule has 0 saturated heterocycles. The Labute approximate surface area is 145 Å². The predicted octanol–water partition coefficient (Wildman–Crippen LogP) is 6.98. The molecule has 0 radical (unpaired) electrons. The van der Waals surface area contributed by atoms with Crippen molar-refractivity contribution in [3.8, 4) is 0 Å². The minimum atomic E-state index is -0.0431. The second-order valence-corrected chi connectivity index (χ2v) is 6.69. The summed E-state index contributed by atoms with van der Waals surface area (Å²) in [6.45, 7) is 8.85. The third-order valence-corrected chi connectivity index (χ3v) is 4.35. The van der Waals surface area contributed by atoms with Crippen LogP contribution >= 0.6 is 0 Å². The van der Waals surface area contributed by atoms with Gasteiger partial charge in [-0.3, -0.25) is 4.79 Å². The predicted molar refractivity (Wildman–Crippen MR) is 101 cm³/mol. The molecule has 0 aromatic carbocycles. The van der Waals surface area contributed by atoms with Gasteiger partial charge in [-0.05, 0) is 39.0 Å². The Balaban J connectivity index is 3.22. The van der Waals surface area contributed by atoms with E-state index < -0.39 is 0 Å². The van der Waals surface area contributed by atoms with Crippen molar-refractivity contribution in [3.63, 3.8) is 0 Å². The molecule has 2 nitrogen and oxygen atoms in total. The van der Waals surface area contributed by atoms with E-state index in [0.29, 0.717) is 13.0 Å². The van der Waals surface area contributed by atoms with Crippen molar-refractivity contribution in [2.24, 2.45) is 0 Å². The zero-order chi connectivity index (χ0) is 17.2. The summed E-state index contributed by atoms with van der Waals surface area (Å²) < 4.78 is 4.92. The van der Waals surface area contributed by atoms with Gasteiger partial charge in [-0.15, -0.1) is 0 Å². The van der Waals surface area contributed by atoms with Gasteiger partial charge in [0.15, 0.2) is 0 Å². The normalized spacial score (nSPS) is 10.7. The molecule has 0 saturated carbocycles. The minimum Gasteiger partial charge on any atom is -0.466 e. The fourth-order valence-electron chi connectivity index (χ4n) is 2.86. The van der Waals surface area contributed by atoms with Crippen LogP contribution in [0.5, 0.6) is 0 Å². The first-order valence-electron chi connectivity index (χ1n) is 10.0. The lowest BCUT2D eigenvalue weighted by Gasteiger charge is -2.06. The lowest BCUT2D eigenvalue weighted by atomic mass is 10.0. The first kappa shape index (κ1) is 22.2. The number of unbranched alkanes of at least 4 members (excludes halogenated alkanes) is 10. The topological polar surface area (TPSA) is 26.3 Å². The zero-order valence-electron chi connectivity index (χ0n) is 15.8. The Hall–Kier alpha value is -0.790. The van der Waals surface area contributed by atoms with Crippen molar-refractivity contribution in [2.45, 2.75) is 110 Å². The van der Waals surface area contributed by atoms with Crippen molar-refractivity contribution < 1.29 is 9.53 Å². The quantitative estimate of drug-likeness (QED) is 0.164. The number of ether oxygens (including phenoxy) is 1. The summed E-state index contributed by atoms with van der Waals surface area (Å²) in [5.41, 5.74) is 1.45. The maximum atomic E-state index is 11.2. The second kappa shape index (κ2) is 17.6. The van der Waals surface area contributed by atoms with Crippen LogP contribution in [-0.2, 0) is 9.53 Å². The summed E-state index contributed by atoms with van der Waals surface area (Å²) in [7, 11) is 0. The molecule has 0 amide bonds. The lowest BCUT2D eigenvalue weighted by molar-refractivity contribution is -0.143. The Morgan fingerprint density at radius 3 is 1.61 bits per heavy atom. The van der Waals surface area contributed by atoms with Crippen LogP contribution < -0.4 is 0 Å². The van der Waals surface area contributed by atoms with Gasteiger partial charge in [-0.1, -0.05) is 76.9 Å². The summed E-state index contributed by atoms with van der Waals surface area (Å²) in [6, 6.07) is 0. The van der Waals surface area contributed by atoms with Crippen LogP contribution in [0.1, 0.15) is 110 Å². The molecule has 136 valence electrons. The third-order valence-electron chi connectivity index (χ3n) is 4.35. The largest absolute Gasteiger partial charge is 0.466 e. The van der Waals surface area contributed by atoms with E-state index >= 15 is 0 Å². The van der Waals surface area contributed by atoms with Gasteiger partial charge in [-0.25, -0.2) is 0 Å². The van der Waals surface area contributed by atoms with Crippen LogP contribution in [0.3, 0.4) is 0 Å². The summed E-state index contributed by atoms with van der Waals surface area (Å²) in [4.78, 5) is 11.2. The molecule has 0 heterocycles. The molecule has 0 aliphatic carbocycles. The number of carbonyl (C=O) groups is 1. The Kier molecular flexibility index (Phi) is 17.0. The molecule has 0 aliphatic heterocycles. The number of allylic oxidation sites excluding steroid dienone is 1. The van der Waals surface area contributed by atoms with Gasteiger partial charge in [0.25, 0.3) is 0 Å². The third kappa shape index (κ3) is 17.4. The molecule has 0 fully saturated rings. The number of esters is 1. The zero-order valence-corrected chi connectivity index (χ0v) is 15.8. The van der Waals surface area contributed by atoms with Crippen LogP contribution in [0.4, 0.5) is 0 Å². The average molecular weight is 325 g/mol. The van der Waals surface area contributed by atoms with Crippen molar-refractivity contribution >= 4 is 5.97 Å². The number of rotatable bonds is 17. The highest BCUT2D eigenvalue weighted by atomic mass is 16.5. The van der Waals surface area contributed by atoms with E-state index in [-0.39, 0.29) is 5.97 Å². The molecule has 0 aliphatic rings. The van der Waals surface area contributed by atoms with Crippen LogP contribution in [0.15, 0.2) is 12.2 Å². The molecular weight excluding hydrogens is 284 g/mol. The molecule has 23 heavy (non-hydrogen) atoms. The standard InChI is InChI=1S/C21H40O2/c1-4-6-7-8-11-14-17-20(3)18-15-12-9-10-13-16-19-21(22)23-5-2/h3-19H2,1-2H3. The first-order valence-corrected chi connectivity index (χ1v) is 10.0. The fourth-order valence-corrected chi connectivity index (χ4v) is 2.86. The van der Waals surface area contributed by atoms with Crippen LogP contribution in [0, 0.1) is 0 Å². The highest BCUT2D eigenvalue weighted by Crippen LogP contribution is 2.17. The van der Waals surface area contributed by atoms with Crippen molar-refractivity contribution in [2.75, 3.05) is 6.61 Å². The highest BCUT2D eigenvalue weighted by Gasteiger charge is 2.01. The maximum Gasteiger partial charge on any atom is 0.305 e. The molecule has 0 spiro atoms. The summed E-state index contributed by atoms with van der Waals surface area (Å²) in [6.07, 6.45) is 18.5. The molecule has 0 aromatic heterocycles. The number of carbonyl (C=O) groups excluding carboxylic acids is 1. The van der Waals surface area contributed by atoms with Crippen molar-refractivity contribution in [1.82, 2.24) is 0 Å². The van der Waals surface area contributed by atoms with Crippen molar-refractivity contribution in [3.05, 3.63) is 12.2 Å². The Bertz CT molecular complexity index is 284. The molecule has 0 aromatic rings. The van der Waals surface area contributed by atoms with E-state index in [2.05, 4.69) is 13.5 Å². The van der Waals surface area contributed by atoms with Crippen molar-refractivity contribution in [1.29, 1.82) is 0 Å². The smallest absolute Gasteiger partial charge is 0.305 e. The van der Waals surface area contributed by atoms with E-state index in [1.54, 1.807) is 0 Å². The van der Waals surface area contributed by atoms with Gasteiger partial charge in [0.2, 0.25) is 0 Å². The van der Waals surface area contributed by atoms with E-state index in [1.165, 1.54) is 82.6 Å². The molecule has 2 heteroatoms. The minimum absolute atomic E-state index is 0.0431. The molecule has 0 rings (SSSR count). The number of hydrogen-bond acceptors (Lipinski definition) is 2. The molecule has 0 atom stereocenters. The lowest BCUT2D eigenvalue weighted by Crippen LogP contribution is -2.03. The van der Waals surface area contributed by atoms with Gasteiger partial charge < -0.3 is 4.74 Å². The fraction of sp³-hybridized carbons (Fsp3) is 0.857. The van der Waals surface area contributed by atoms with Crippen LogP contribution in [0.2, 0.25) is 0 Å². The van der Waals surface area contributed by atoms with Gasteiger partial charge in [0, 0.05) is 6.42 Å². The highest BCUT2D eigenvalue weighted by molar-refractivity contribution is 5.69. The SMILES string of the molecule is C=C(CCCCCCCC)CCCCCCCCC(=O)OCC. The summed E-state index contributed by atoms with van der Waals surface area (Å²) in [5, 5.41) is 0. The molecule has 0 bridgehead atoms. The van der Waals surface area contributed by atoms with E-state index in [0.717, 1.165) is 12.8 Å². The van der Waals surface area contributed by atoms with Gasteiger partial charge >= 0.3 is 5.97 Å². The molecule has 0 unspecified atom stereocenters. The second-order valence-electron chi connectivity index (χ2n) is 6.69. The average Bonchev–Trinajstić information content (AvgIpc) is 2.53. The van der Waals surface area contributed by atoms with Crippen LogP contribution in [-0.4, -0.2) is 12.6 Å². The number of hydrogen-bond donors (Lipinski definition) is 0. The van der Waals surface area contributed by atoms with E-state index in [9.17, 15) is 4.79 Å². The summed E-state index contributed by atoms with van der Waals surface area (Å²) >= 11 is 0. The summed E-state index contributed by atoms with van der Waals surface area (Å²) in [5.74, 6) is -0.0431. The maximum absolute atomic E-state index is 11.2.